The van der Waals surface area contributed by atoms with Crippen LogP contribution in [-0.4, -0.2) is 27.1 Å². The maximum absolute atomic E-state index is 11.1. The van der Waals surface area contributed by atoms with Crippen molar-refractivity contribution < 1.29 is 14.6 Å². The van der Waals surface area contributed by atoms with Crippen LogP contribution in [0.4, 0.5) is 0 Å². The average Bonchev–Trinajstić information content (AvgIpc) is 3.24. The van der Waals surface area contributed by atoms with Crippen LogP contribution in [0.25, 0.3) is 11.1 Å². The molecule has 1 N–H and O–H groups in total. The van der Waals surface area contributed by atoms with Crippen LogP contribution in [0.2, 0.25) is 0 Å². The van der Waals surface area contributed by atoms with E-state index in [1.807, 2.05) is 0 Å². The minimum absolute atomic E-state index is 0.226. The molecule has 3 rings (SSSR count). The molecule has 0 atom stereocenters. The third-order valence-corrected chi connectivity index (χ3v) is 3.14. The van der Waals surface area contributed by atoms with Crippen molar-refractivity contribution in [1.82, 2.24) is 9.97 Å². The molecule has 0 saturated heterocycles. The molecule has 1 saturated carbocycles. The summed E-state index contributed by atoms with van der Waals surface area (Å²) < 4.78 is 5.83. The van der Waals surface area contributed by atoms with Gasteiger partial charge in [-0.3, -0.25) is 0 Å². The maximum Gasteiger partial charge on any atom is 0.335 e. The quantitative estimate of drug-likeness (QED) is 0.924. The van der Waals surface area contributed by atoms with Gasteiger partial charge in [-0.25, -0.2) is 14.8 Å². The fraction of sp³-hybridized carbons (Fsp3) is 0.267. The molecule has 102 valence electrons. The zero-order valence-electron chi connectivity index (χ0n) is 11.0. The van der Waals surface area contributed by atoms with E-state index in [1.54, 1.807) is 37.5 Å². The second kappa shape index (κ2) is 4.92. The van der Waals surface area contributed by atoms with Crippen molar-refractivity contribution in [3.05, 3.63) is 42.0 Å². The Morgan fingerprint density at radius 3 is 2.60 bits per heavy atom. The molecule has 1 aliphatic rings. The lowest BCUT2D eigenvalue weighted by Crippen LogP contribution is -2.02. The average molecular weight is 270 g/mol. The fourth-order valence-electron chi connectivity index (χ4n) is 1.89. The summed E-state index contributed by atoms with van der Waals surface area (Å²) in [5.41, 5.74) is 1.70. The molecule has 5 heteroatoms. The molecule has 0 radical (unpaired) electrons. The van der Waals surface area contributed by atoms with Crippen molar-refractivity contribution in [2.24, 2.45) is 0 Å². The predicted octanol–water partition coefficient (Wildman–Crippen LogP) is 2.69. The van der Waals surface area contributed by atoms with E-state index in [2.05, 4.69) is 9.97 Å². The second-order valence-electron chi connectivity index (χ2n) is 4.85. The molecule has 1 fully saturated rings. The van der Waals surface area contributed by atoms with E-state index >= 15 is 0 Å². The number of carbonyl (C=O) groups is 1. The van der Waals surface area contributed by atoms with E-state index in [9.17, 15) is 4.79 Å². The number of nitrogens with zero attached hydrogens (tertiary/aromatic N) is 2. The Hall–Kier alpha value is -2.43. The van der Waals surface area contributed by atoms with Crippen molar-refractivity contribution in [2.45, 2.75) is 25.9 Å². The minimum Gasteiger partial charge on any atom is -0.490 e. The van der Waals surface area contributed by atoms with Gasteiger partial charge in [0, 0.05) is 23.5 Å². The van der Waals surface area contributed by atoms with Gasteiger partial charge < -0.3 is 9.84 Å². The third-order valence-electron chi connectivity index (χ3n) is 3.14. The summed E-state index contributed by atoms with van der Waals surface area (Å²) in [7, 11) is 0. The Bertz CT molecular complexity index is 649. The summed E-state index contributed by atoms with van der Waals surface area (Å²) in [5.74, 6) is 0.398. The summed E-state index contributed by atoms with van der Waals surface area (Å²) in [6, 6.07) is 4.86. The van der Waals surface area contributed by atoms with E-state index in [4.69, 9.17) is 9.84 Å². The first-order chi connectivity index (χ1) is 9.63. The topological polar surface area (TPSA) is 72.3 Å². The van der Waals surface area contributed by atoms with Crippen LogP contribution in [0, 0.1) is 6.92 Å². The number of benzene rings is 1. The number of ether oxygens (including phenoxy) is 1. The number of hydrogen-bond acceptors (Lipinski definition) is 4. The smallest absolute Gasteiger partial charge is 0.335 e. The molecule has 1 heterocycles. The van der Waals surface area contributed by atoms with Crippen LogP contribution >= 0.6 is 0 Å². The molecule has 0 amide bonds. The Balaban J connectivity index is 2.05. The summed E-state index contributed by atoms with van der Waals surface area (Å²) in [4.78, 5) is 19.4. The molecule has 1 aromatic carbocycles. The molecule has 0 unspecified atom stereocenters. The molecule has 0 bridgehead atoms. The van der Waals surface area contributed by atoms with Crippen molar-refractivity contribution in [3.8, 4) is 16.9 Å². The molecule has 0 aliphatic heterocycles. The lowest BCUT2D eigenvalue weighted by molar-refractivity contribution is 0.0697. The molecule has 2 aromatic rings. The van der Waals surface area contributed by atoms with Crippen LogP contribution < -0.4 is 4.74 Å². The molecule has 20 heavy (non-hydrogen) atoms. The highest BCUT2D eigenvalue weighted by Crippen LogP contribution is 2.35. The van der Waals surface area contributed by atoms with Crippen LogP contribution in [-0.2, 0) is 0 Å². The zero-order chi connectivity index (χ0) is 14.1. The van der Waals surface area contributed by atoms with Crippen molar-refractivity contribution in [1.29, 1.82) is 0 Å². The van der Waals surface area contributed by atoms with Gasteiger partial charge in [-0.05, 0) is 38.0 Å². The molecular formula is C15H14N2O3. The van der Waals surface area contributed by atoms with Crippen LogP contribution in [0.1, 0.15) is 29.0 Å². The van der Waals surface area contributed by atoms with E-state index in [0.29, 0.717) is 11.6 Å². The van der Waals surface area contributed by atoms with E-state index in [1.165, 1.54) is 0 Å². The first-order valence-corrected chi connectivity index (χ1v) is 6.46. The number of carboxylic acid groups (broad SMARTS) is 1. The number of aryl methyl sites for hydroxylation is 1. The first-order valence-electron chi connectivity index (χ1n) is 6.46. The lowest BCUT2D eigenvalue weighted by Gasteiger charge is -2.11. The summed E-state index contributed by atoms with van der Waals surface area (Å²) in [6.45, 7) is 1.80. The summed E-state index contributed by atoms with van der Waals surface area (Å²) in [6.07, 6.45) is 5.71. The third kappa shape index (κ3) is 2.61. The molecule has 5 nitrogen and oxygen atoms in total. The van der Waals surface area contributed by atoms with E-state index in [0.717, 1.165) is 24.0 Å². The SMILES string of the molecule is Cc1ncc(-c2cc(C(=O)O)ccc2OC2CC2)cn1. The summed E-state index contributed by atoms with van der Waals surface area (Å²) >= 11 is 0. The Morgan fingerprint density at radius 1 is 1.30 bits per heavy atom. The monoisotopic (exact) mass is 270 g/mol. The van der Waals surface area contributed by atoms with Gasteiger partial charge >= 0.3 is 5.97 Å². The molecule has 1 aromatic heterocycles. The lowest BCUT2D eigenvalue weighted by atomic mass is 10.0. The Labute approximate surface area is 116 Å². The number of carboxylic acids is 1. The summed E-state index contributed by atoms with van der Waals surface area (Å²) in [5, 5.41) is 9.11. The van der Waals surface area contributed by atoms with Crippen molar-refractivity contribution in [3.63, 3.8) is 0 Å². The Kier molecular flexibility index (Phi) is 3.10. The van der Waals surface area contributed by atoms with Gasteiger partial charge in [0.15, 0.2) is 0 Å². The van der Waals surface area contributed by atoms with Crippen molar-refractivity contribution >= 4 is 5.97 Å². The largest absolute Gasteiger partial charge is 0.490 e. The van der Waals surface area contributed by atoms with Gasteiger partial charge in [-0.15, -0.1) is 0 Å². The Morgan fingerprint density at radius 2 is 2.00 bits per heavy atom. The van der Waals surface area contributed by atoms with Gasteiger partial charge in [0.1, 0.15) is 11.6 Å². The van der Waals surface area contributed by atoms with Gasteiger partial charge in [0.2, 0.25) is 0 Å². The number of hydrogen-bond donors (Lipinski definition) is 1. The zero-order valence-corrected chi connectivity index (χ0v) is 11.0. The second-order valence-corrected chi connectivity index (χ2v) is 4.85. The number of aromatic nitrogens is 2. The standard InChI is InChI=1S/C15H14N2O3/c1-9-16-7-11(8-17-9)13-6-10(15(18)19)2-5-14(13)20-12-3-4-12/h2,5-8,12H,3-4H2,1H3,(H,18,19). The maximum atomic E-state index is 11.1. The number of rotatable bonds is 4. The molecular weight excluding hydrogens is 256 g/mol. The van der Waals surface area contributed by atoms with Crippen LogP contribution in [0.15, 0.2) is 30.6 Å². The molecule has 0 spiro atoms. The highest BCUT2D eigenvalue weighted by atomic mass is 16.5. The van der Waals surface area contributed by atoms with E-state index < -0.39 is 5.97 Å². The van der Waals surface area contributed by atoms with E-state index in [-0.39, 0.29) is 11.7 Å². The fourth-order valence-corrected chi connectivity index (χ4v) is 1.89. The highest BCUT2D eigenvalue weighted by molar-refractivity contribution is 5.90. The van der Waals surface area contributed by atoms with Crippen molar-refractivity contribution in [2.75, 3.05) is 0 Å². The normalized spacial score (nSPS) is 14.1. The van der Waals surface area contributed by atoms with Gasteiger partial charge in [0.25, 0.3) is 0 Å². The van der Waals surface area contributed by atoms with Crippen LogP contribution in [0.5, 0.6) is 5.75 Å². The van der Waals surface area contributed by atoms with Crippen LogP contribution in [0.3, 0.4) is 0 Å². The molecule has 1 aliphatic carbocycles. The predicted molar refractivity (Wildman–Crippen MR) is 72.8 cm³/mol. The van der Waals surface area contributed by atoms with Gasteiger partial charge in [-0.1, -0.05) is 0 Å². The minimum atomic E-state index is -0.961. The van der Waals surface area contributed by atoms with Gasteiger partial charge in [-0.2, -0.15) is 0 Å². The van der Waals surface area contributed by atoms with Gasteiger partial charge in [0.05, 0.1) is 11.7 Å². The highest BCUT2D eigenvalue weighted by Gasteiger charge is 2.25. The first kappa shape index (κ1) is 12.6. The number of aromatic carboxylic acids is 1.